The van der Waals surface area contributed by atoms with Crippen LogP contribution in [0.1, 0.15) is 11.1 Å². The van der Waals surface area contributed by atoms with Gasteiger partial charge >= 0.3 is 0 Å². The van der Waals surface area contributed by atoms with Gasteiger partial charge in [0.15, 0.2) is 0 Å². The lowest BCUT2D eigenvalue weighted by atomic mass is 10.1. The van der Waals surface area contributed by atoms with E-state index in [1.165, 1.54) is 0 Å². The predicted molar refractivity (Wildman–Crippen MR) is 63.5 cm³/mol. The molecule has 0 unspecified atom stereocenters. The number of benzene rings is 1. The van der Waals surface area contributed by atoms with Crippen molar-refractivity contribution in [3.63, 3.8) is 0 Å². The van der Waals surface area contributed by atoms with Crippen LogP contribution in [0, 0.1) is 18.3 Å². The molecule has 1 aromatic carbocycles. The second kappa shape index (κ2) is 4.03. The van der Waals surface area contributed by atoms with Crippen LogP contribution >= 0.6 is 0 Å². The fraction of sp³-hybridized carbons (Fsp3) is 0.0769. The maximum absolute atomic E-state index is 8.83. The van der Waals surface area contributed by atoms with Gasteiger partial charge in [-0.3, -0.25) is 0 Å². The van der Waals surface area contributed by atoms with Crippen LogP contribution in [-0.4, -0.2) is 4.98 Å². The molecule has 2 aromatic rings. The maximum atomic E-state index is 8.83. The Morgan fingerprint density at radius 2 is 1.94 bits per heavy atom. The fourth-order valence-corrected chi connectivity index (χ4v) is 1.61. The van der Waals surface area contributed by atoms with Crippen molar-refractivity contribution in [1.82, 2.24) is 4.98 Å². The molecule has 3 heteroatoms. The molecule has 0 spiro atoms. The smallest absolute Gasteiger partial charge is 0.142 e. The Labute approximate surface area is 94.2 Å². The molecular formula is C13H11N3. The Morgan fingerprint density at radius 1 is 1.25 bits per heavy atom. The quantitative estimate of drug-likeness (QED) is 0.784. The van der Waals surface area contributed by atoms with Gasteiger partial charge in [0.05, 0.1) is 11.3 Å². The van der Waals surface area contributed by atoms with Crippen molar-refractivity contribution >= 4 is 5.82 Å². The molecule has 0 aliphatic rings. The summed E-state index contributed by atoms with van der Waals surface area (Å²) in [7, 11) is 0. The zero-order valence-corrected chi connectivity index (χ0v) is 8.94. The number of aromatic nitrogens is 1. The van der Waals surface area contributed by atoms with Gasteiger partial charge in [-0.25, -0.2) is 4.98 Å². The number of nitrogen functional groups attached to an aromatic ring is 1. The number of nitrogens with two attached hydrogens (primary N) is 1. The van der Waals surface area contributed by atoms with Crippen LogP contribution < -0.4 is 5.73 Å². The van der Waals surface area contributed by atoms with Gasteiger partial charge in [0, 0.05) is 5.56 Å². The monoisotopic (exact) mass is 209 g/mol. The summed E-state index contributed by atoms with van der Waals surface area (Å²) in [5.74, 6) is 0.284. The molecule has 2 rings (SSSR count). The van der Waals surface area contributed by atoms with Gasteiger partial charge in [0.1, 0.15) is 11.9 Å². The molecule has 2 N–H and O–H groups in total. The predicted octanol–water partition coefficient (Wildman–Crippen LogP) is 2.51. The molecule has 78 valence electrons. The van der Waals surface area contributed by atoms with E-state index in [-0.39, 0.29) is 5.82 Å². The van der Waals surface area contributed by atoms with Crippen LogP contribution in [0.5, 0.6) is 0 Å². The van der Waals surface area contributed by atoms with Gasteiger partial charge in [-0.2, -0.15) is 5.26 Å². The Hall–Kier alpha value is -2.34. The van der Waals surface area contributed by atoms with Crippen molar-refractivity contribution in [3.05, 3.63) is 47.5 Å². The third-order valence-corrected chi connectivity index (χ3v) is 2.41. The number of hydrogen-bond acceptors (Lipinski definition) is 3. The minimum absolute atomic E-state index is 0.284. The van der Waals surface area contributed by atoms with E-state index < -0.39 is 0 Å². The van der Waals surface area contributed by atoms with Crippen molar-refractivity contribution in [2.45, 2.75) is 6.92 Å². The van der Waals surface area contributed by atoms with Crippen LogP contribution in [0.4, 0.5) is 5.82 Å². The highest BCUT2D eigenvalue weighted by Gasteiger charge is 2.07. The molecule has 0 fully saturated rings. The van der Waals surface area contributed by atoms with E-state index in [2.05, 4.69) is 4.98 Å². The lowest BCUT2D eigenvalue weighted by Crippen LogP contribution is -1.98. The largest absolute Gasteiger partial charge is 0.383 e. The Balaban J connectivity index is 2.60. The average Bonchev–Trinajstić information content (AvgIpc) is 2.32. The summed E-state index contributed by atoms with van der Waals surface area (Å²) in [5, 5.41) is 8.83. The fourth-order valence-electron chi connectivity index (χ4n) is 1.61. The topological polar surface area (TPSA) is 62.7 Å². The summed E-state index contributed by atoms with van der Waals surface area (Å²) in [5.41, 5.74) is 8.93. The lowest BCUT2D eigenvalue weighted by molar-refractivity contribution is 1.26. The lowest BCUT2D eigenvalue weighted by Gasteiger charge is -2.07. The van der Waals surface area contributed by atoms with E-state index in [0.29, 0.717) is 5.56 Å². The van der Waals surface area contributed by atoms with E-state index in [9.17, 15) is 0 Å². The highest BCUT2D eigenvalue weighted by molar-refractivity contribution is 5.67. The summed E-state index contributed by atoms with van der Waals surface area (Å²) in [6.07, 6.45) is 0. The maximum Gasteiger partial charge on any atom is 0.142 e. The molecule has 1 heterocycles. The molecule has 3 nitrogen and oxygen atoms in total. The standard InChI is InChI=1S/C13H11N3/c1-9-7-11(8-14)13(15)16-12(9)10-5-3-2-4-6-10/h2-7H,1H3,(H2,15,16). The van der Waals surface area contributed by atoms with Gasteiger partial charge in [0.25, 0.3) is 0 Å². The highest BCUT2D eigenvalue weighted by Crippen LogP contribution is 2.23. The van der Waals surface area contributed by atoms with E-state index >= 15 is 0 Å². The van der Waals surface area contributed by atoms with Gasteiger partial charge in [-0.1, -0.05) is 30.3 Å². The number of anilines is 1. The van der Waals surface area contributed by atoms with Crippen LogP contribution in [0.15, 0.2) is 36.4 Å². The van der Waals surface area contributed by atoms with E-state index in [4.69, 9.17) is 11.0 Å². The van der Waals surface area contributed by atoms with Crippen LogP contribution in [0.3, 0.4) is 0 Å². The highest BCUT2D eigenvalue weighted by atomic mass is 14.8. The van der Waals surface area contributed by atoms with E-state index in [0.717, 1.165) is 16.8 Å². The average molecular weight is 209 g/mol. The van der Waals surface area contributed by atoms with Crippen LogP contribution in [0.25, 0.3) is 11.3 Å². The molecule has 0 atom stereocenters. The van der Waals surface area contributed by atoms with Crippen LogP contribution in [0.2, 0.25) is 0 Å². The summed E-state index contributed by atoms with van der Waals surface area (Å²) < 4.78 is 0. The zero-order valence-electron chi connectivity index (χ0n) is 8.94. The van der Waals surface area contributed by atoms with Crippen molar-refractivity contribution in [2.24, 2.45) is 0 Å². The SMILES string of the molecule is Cc1cc(C#N)c(N)nc1-c1ccccc1. The van der Waals surface area contributed by atoms with Gasteiger partial charge in [0.2, 0.25) is 0 Å². The first kappa shape index (κ1) is 10.2. The summed E-state index contributed by atoms with van der Waals surface area (Å²) in [6, 6.07) is 13.6. The summed E-state index contributed by atoms with van der Waals surface area (Å²) in [6.45, 7) is 1.93. The number of aryl methyl sites for hydroxylation is 1. The molecule has 0 aliphatic heterocycles. The molecule has 16 heavy (non-hydrogen) atoms. The minimum Gasteiger partial charge on any atom is -0.383 e. The minimum atomic E-state index is 0.284. The Kier molecular flexibility index (Phi) is 2.57. The van der Waals surface area contributed by atoms with Crippen molar-refractivity contribution in [3.8, 4) is 17.3 Å². The molecular weight excluding hydrogens is 198 g/mol. The number of rotatable bonds is 1. The summed E-state index contributed by atoms with van der Waals surface area (Å²) >= 11 is 0. The normalized spacial score (nSPS) is 9.75. The zero-order chi connectivity index (χ0) is 11.5. The van der Waals surface area contributed by atoms with E-state index in [1.54, 1.807) is 6.07 Å². The summed E-state index contributed by atoms with van der Waals surface area (Å²) in [4.78, 5) is 4.27. The molecule has 0 aliphatic carbocycles. The van der Waals surface area contributed by atoms with Gasteiger partial charge in [-0.15, -0.1) is 0 Å². The molecule has 1 aromatic heterocycles. The second-order valence-electron chi connectivity index (χ2n) is 3.56. The third-order valence-electron chi connectivity index (χ3n) is 2.41. The Morgan fingerprint density at radius 3 is 2.56 bits per heavy atom. The first-order valence-corrected chi connectivity index (χ1v) is 4.95. The second-order valence-corrected chi connectivity index (χ2v) is 3.56. The molecule has 0 radical (unpaired) electrons. The van der Waals surface area contributed by atoms with Crippen molar-refractivity contribution < 1.29 is 0 Å². The number of pyridine rings is 1. The van der Waals surface area contributed by atoms with E-state index in [1.807, 2.05) is 43.3 Å². The van der Waals surface area contributed by atoms with Gasteiger partial charge < -0.3 is 5.73 Å². The van der Waals surface area contributed by atoms with Crippen molar-refractivity contribution in [2.75, 3.05) is 5.73 Å². The first-order valence-electron chi connectivity index (χ1n) is 4.95. The van der Waals surface area contributed by atoms with Crippen molar-refractivity contribution in [1.29, 1.82) is 5.26 Å². The third kappa shape index (κ3) is 1.73. The van der Waals surface area contributed by atoms with Gasteiger partial charge in [-0.05, 0) is 18.6 Å². The molecule has 0 saturated carbocycles. The van der Waals surface area contributed by atoms with Crippen LogP contribution in [-0.2, 0) is 0 Å². The first-order chi connectivity index (χ1) is 7.72. The number of hydrogen-bond donors (Lipinski definition) is 1. The molecule has 0 saturated heterocycles. The Bertz CT molecular complexity index is 553. The molecule has 0 amide bonds. The molecule has 0 bridgehead atoms. The number of nitrogens with zero attached hydrogens (tertiary/aromatic N) is 2. The number of nitriles is 1.